The van der Waals surface area contributed by atoms with Gasteiger partial charge in [0.2, 0.25) is 12.7 Å². The largest absolute Gasteiger partial charge is 0.497 e. The van der Waals surface area contributed by atoms with Crippen LogP contribution in [-0.2, 0) is 17.8 Å². The summed E-state index contributed by atoms with van der Waals surface area (Å²) in [5.41, 5.74) is 3.43. The molecule has 0 aliphatic carbocycles. The van der Waals surface area contributed by atoms with E-state index in [1.807, 2.05) is 35.2 Å². The topological polar surface area (TPSA) is 48.0 Å². The average molecular weight is 367 g/mol. The first-order valence-electron chi connectivity index (χ1n) is 9.41. The molecule has 4 rings (SSSR count). The van der Waals surface area contributed by atoms with E-state index in [0.717, 1.165) is 41.3 Å². The van der Waals surface area contributed by atoms with Gasteiger partial charge in [-0.3, -0.25) is 4.79 Å². The molecule has 5 nitrogen and oxygen atoms in total. The summed E-state index contributed by atoms with van der Waals surface area (Å²) >= 11 is 0. The second-order valence-corrected chi connectivity index (χ2v) is 7.48. The number of ether oxygens (including phenoxy) is 3. The number of hydrogen-bond acceptors (Lipinski definition) is 4. The van der Waals surface area contributed by atoms with E-state index in [9.17, 15) is 4.79 Å². The number of fused-ring (bicyclic) bond motifs is 2. The van der Waals surface area contributed by atoms with Crippen molar-refractivity contribution in [2.24, 2.45) is 5.92 Å². The van der Waals surface area contributed by atoms with Crippen molar-refractivity contribution in [3.8, 4) is 17.2 Å². The Morgan fingerprint density at radius 2 is 1.74 bits per heavy atom. The fourth-order valence-corrected chi connectivity index (χ4v) is 3.95. The first-order chi connectivity index (χ1) is 13.1. The summed E-state index contributed by atoms with van der Waals surface area (Å²) in [4.78, 5) is 15.3. The number of amides is 1. The lowest BCUT2D eigenvalue weighted by atomic mass is 9.86. The van der Waals surface area contributed by atoms with Gasteiger partial charge in [-0.25, -0.2) is 0 Å². The fourth-order valence-electron chi connectivity index (χ4n) is 3.95. The van der Waals surface area contributed by atoms with Crippen LogP contribution in [0.2, 0.25) is 0 Å². The lowest BCUT2D eigenvalue weighted by Gasteiger charge is -2.33. The normalized spacial score (nSPS) is 16.2. The van der Waals surface area contributed by atoms with E-state index in [1.165, 1.54) is 5.56 Å². The molecule has 0 spiro atoms. The lowest BCUT2D eigenvalue weighted by molar-refractivity contribution is -0.134. The SMILES string of the molecule is COc1ccc(C(C(=O)N2CCc3cc4c(cc3C2)OCO4)C(C)C)cc1. The van der Waals surface area contributed by atoms with Crippen LogP contribution in [0.25, 0.3) is 0 Å². The monoisotopic (exact) mass is 367 g/mol. The van der Waals surface area contributed by atoms with Gasteiger partial charge in [-0.05, 0) is 53.3 Å². The minimum absolute atomic E-state index is 0.161. The van der Waals surface area contributed by atoms with Gasteiger partial charge >= 0.3 is 0 Å². The van der Waals surface area contributed by atoms with Gasteiger partial charge < -0.3 is 19.1 Å². The molecule has 0 saturated carbocycles. The molecule has 0 aromatic heterocycles. The second-order valence-electron chi connectivity index (χ2n) is 7.48. The summed E-state index contributed by atoms with van der Waals surface area (Å²) in [5, 5.41) is 0. The quantitative estimate of drug-likeness (QED) is 0.826. The lowest BCUT2D eigenvalue weighted by Crippen LogP contribution is -2.40. The van der Waals surface area contributed by atoms with Gasteiger partial charge in [-0.1, -0.05) is 26.0 Å². The number of carbonyl (C=O) groups excluding carboxylic acids is 1. The zero-order valence-electron chi connectivity index (χ0n) is 16.0. The number of nitrogens with zero attached hydrogens (tertiary/aromatic N) is 1. The molecule has 0 bridgehead atoms. The summed E-state index contributed by atoms with van der Waals surface area (Å²) in [6.45, 7) is 5.81. The van der Waals surface area contributed by atoms with Crippen LogP contribution in [0.4, 0.5) is 0 Å². The van der Waals surface area contributed by atoms with E-state index >= 15 is 0 Å². The number of methoxy groups -OCH3 is 1. The van der Waals surface area contributed by atoms with E-state index in [-0.39, 0.29) is 24.5 Å². The zero-order chi connectivity index (χ0) is 19.0. The predicted molar refractivity (Wildman–Crippen MR) is 102 cm³/mol. The predicted octanol–water partition coefficient (Wildman–Crippen LogP) is 3.75. The third kappa shape index (κ3) is 3.34. The molecule has 1 amide bonds. The van der Waals surface area contributed by atoms with Gasteiger partial charge in [0.05, 0.1) is 13.0 Å². The molecule has 2 aromatic rings. The Morgan fingerprint density at radius 1 is 1.07 bits per heavy atom. The highest BCUT2D eigenvalue weighted by Gasteiger charge is 2.31. The van der Waals surface area contributed by atoms with E-state index < -0.39 is 0 Å². The molecule has 2 aliphatic rings. The van der Waals surface area contributed by atoms with Crippen LogP contribution < -0.4 is 14.2 Å². The van der Waals surface area contributed by atoms with Crippen LogP contribution in [0.3, 0.4) is 0 Å². The molecule has 0 saturated heterocycles. The maximum atomic E-state index is 13.4. The Kier molecular flexibility index (Phi) is 4.68. The van der Waals surface area contributed by atoms with Crippen LogP contribution in [0.15, 0.2) is 36.4 Å². The van der Waals surface area contributed by atoms with Crippen molar-refractivity contribution in [2.75, 3.05) is 20.4 Å². The van der Waals surface area contributed by atoms with Gasteiger partial charge in [0.1, 0.15) is 5.75 Å². The second kappa shape index (κ2) is 7.14. The Balaban J connectivity index is 1.57. The molecule has 5 heteroatoms. The van der Waals surface area contributed by atoms with Crippen LogP contribution in [-0.4, -0.2) is 31.3 Å². The molecule has 0 N–H and O–H groups in total. The summed E-state index contributed by atoms with van der Waals surface area (Å²) in [5.74, 6) is 2.62. The number of hydrogen-bond donors (Lipinski definition) is 0. The van der Waals surface area contributed by atoms with Crippen molar-refractivity contribution in [1.82, 2.24) is 4.90 Å². The number of rotatable bonds is 4. The molecule has 2 aromatic carbocycles. The Morgan fingerprint density at radius 3 is 2.37 bits per heavy atom. The number of carbonyl (C=O) groups is 1. The summed E-state index contributed by atoms with van der Waals surface area (Å²) in [6, 6.07) is 11.9. The third-order valence-electron chi connectivity index (χ3n) is 5.43. The van der Waals surface area contributed by atoms with E-state index in [4.69, 9.17) is 14.2 Å². The molecule has 0 fully saturated rings. The molecule has 2 heterocycles. The first-order valence-corrected chi connectivity index (χ1v) is 9.41. The minimum Gasteiger partial charge on any atom is -0.497 e. The highest BCUT2D eigenvalue weighted by Crippen LogP contribution is 2.37. The molecule has 1 unspecified atom stereocenters. The van der Waals surface area contributed by atoms with E-state index in [0.29, 0.717) is 6.54 Å². The van der Waals surface area contributed by atoms with Crippen LogP contribution in [0, 0.1) is 5.92 Å². The third-order valence-corrected chi connectivity index (χ3v) is 5.43. The van der Waals surface area contributed by atoms with Crippen molar-refractivity contribution in [3.05, 3.63) is 53.1 Å². The van der Waals surface area contributed by atoms with E-state index in [2.05, 4.69) is 19.9 Å². The summed E-state index contributed by atoms with van der Waals surface area (Å²) in [6.07, 6.45) is 0.838. The maximum absolute atomic E-state index is 13.4. The molecule has 0 radical (unpaired) electrons. The van der Waals surface area contributed by atoms with Gasteiger partial charge in [0.15, 0.2) is 11.5 Å². The minimum atomic E-state index is -0.161. The molecule has 142 valence electrons. The Labute approximate surface area is 159 Å². The van der Waals surface area contributed by atoms with Gasteiger partial charge in [-0.15, -0.1) is 0 Å². The maximum Gasteiger partial charge on any atom is 0.231 e. The standard InChI is InChI=1S/C22H25NO4/c1-14(2)21(15-4-6-18(25-3)7-5-15)22(24)23-9-8-16-10-19-20(27-13-26-19)11-17(16)12-23/h4-7,10-11,14,21H,8-9,12-13H2,1-3H3. The van der Waals surface area contributed by atoms with Crippen molar-refractivity contribution in [2.45, 2.75) is 32.7 Å². The highest BCUT2D eigenvalue weighted by atomic mass is 16.7. The van der Waals surface area contributed by atoms with Crippen molar-refractivity contribution in [1.29, 1.82) is 0 Å². The Hall–Kier alpha value is -2.69. The van der Waals surface area contributed by atoms with Crippen molar-refractivity contribution < 1.29 is 19.0 Å². The smallest absolute Gasteiger partial charge is 0.231 e. The summed E-state index contributed by atoms with van der Waals surface area (Å²) < 4.78 is 16.2. The highest BCUT2D eigenvalue weighted by molar-refractivity contribution is 5.84. The molecular weight excluding hydrogens is 342 g/mol. The van der Waals surface area contributed by atoms with Gasteiger partial charge in [-0.2, -0.15) is 0 Å². The van der Waals surface area contributed by atoms with Gasteiger partial charge in [0.25, 0.3) is 0 Å². The van der Waals surface area contributed by atoms with Crippen molar-refractivity contribution in [3.63, 3.8) is 0 Å². The molecule has 2 aliphatic heterocycles. The Bertz CT molecular complexity index is 844. The summed E-state index contributed by atoms with van der Waals surface area (Å²) in [7, 11) is 1.65. The van der Waals surface area contributed by atoms with Crippen molar-refractivity contribution >= 4 is 5.91 Å². The molecule has 27 heavy (non-hydrogen) atoms. The molecule has 1 atom stereocenters. The van der Waals surface area contributed by atoms with Gasteiger partial charge in [0, 0.05) is 13.1 Å². The van der Waals surface area contributed by atoms with Crippen LogP contribution in [0.5, 0.6) is 17.2 Å². The average Bonchev–Trinajstić information content (AvgIpc) is 3.13. The van der Waals surface area contributed by atoms with Crippen LogP contribution in [0.1, 0.15) is 36.5 Å². The van der Waals surface area contributed by atoms with E-state index in [1.54, 1.807) is 7.11 Å². The van der Waals surface area contributed by atoms with Crippen LogP contribution >= 0.6 is 0 Å². The molecular formula is C22H25NO4. The number of benzene rings is 2. The fraction of sp³-hybridized carbons (Fsp3) is 0.409. The zero-order valence-corrected chi connectivity index (χ0v) is 16.0. The first kappa shape index (κ1) is 17.7.